The number of aromatic nitrogens is 2. The van der Waals surface area contributed by atoms with E-state index in [1.807, 2.05) is 28.9 Å². The predicted octanol–water partition coefficient (Wildman–Crippen LogP) is 5.77. The second kappa shape index (κ2) is 6.78. The molecule has 0 unspecified atom stereocenters. The summed E-state index contributed by atoms with van der Waals surface area (Å²) in [6.45, 7) is 2.17. The average Bonchev–Trinajstić information content (AvgIpc) is 3.15. The van der Waals surface area contributed by atoms with Crippen molar-refractivity contribution < 1.29 is 0 Å². The molecule has 2 heteroatoms. The van der Waals surface area contributed by atoms with Crippen molar-refractivity contribution in [1.29, 1.82) is 0 Å². The maximum Gasteiger partial charge on any atom is 0.0934 e. The Balaban J connectivity index is 1.86. The van der Waals surface area contributed by atoms with Crippen molar-refractivity contribution in [3.05, 3.63) is 96.6 Å². The summed E-state index contributed by atoms with van der Waals surface area (Å²) >= 11 is 0. The van der Waals surface area contributed by atoms with Crippen molar-refractivity contribution >= 4 is 0 Å². The molecular formula is C23H20N2. The third-order valence-corrected chi connectivity index (χ3v) is 4.44. The van der Waals surface area contributed by atoms with E-state index in [0.717, 1.165) is 34.6 Å². The Morgan fingerprint density at radius 3 is 2.00 bits per heavy atom. The van der Waals surface area contributed by atoms with Gasteiger partial charge in [0.1, 0.15) is 0 Å². The topological polar surface area (TPSA) is 17.8 Å². The van der Waals surface area contributed by atoms with Crippen LogP contribution in [-0.2, 0) is 6.42 Å². The number of aryl methyl sites for hydroxylation is 1. The molecule has 4 rings (SSSR count). The van der Waals surface area contributed by atoms with E-state index in [9.17, 15) is 0 Å². The minimum atomic E-state index is 0.991. The van der Waals surface area contributed by atoms with Gasteiger partial charge in [0, 0.05) is 11.1 Å². The number of nitrogens with zero attached hydrogens (tertiary/aromatic N) is 2. The lowest BCUT2D eigenvalue weighted by atomic mass is 10.1. The molecule has 0 amide bonds. The first-order valence-corrected chi connectivity index (χ1v) is 8.65. The van der Waals surface area contributed by atoms with Crippen LogP contribution in [0.2, 0.25) is 0 Å². The molecular weight excluding hydrogens is 304 g/mol. The molecule has 0 saturated heterocycles. The van der Waals surface area contributed by atoms with E-state index >= 15 is 0 Å². The standard InChI is InChI=1S/C23H20N2/c1-2-18-13-15-19(16-14-18)22-17-23(20-9-5-3-6-10-20)25(24-22)21-11-7-4-8-12-21/h3-17H,2H2,1H3. The van der Waals surface area contributed by atoms with Gasteiger partial charge in [0.2, 0.25) is 0 Å². The number of benzene rings is 3. The van der Waals surface area contributed by atoms with Crippen LogP contribution in [0.25, 0.3) is 28.2 Å². The minimum Gasteiger partial charge on any atom is -0.232 e. The molecule has 3 aromatic carbocycles. The van der Waals surface area contributed by atoms with Gasteiger partial charge in [-0.3, -0.25) is 0 Å². The van der Waals surface area contributed by atoms with Gasteiger partial charge in [0.25, 0.3) is 0 Å². The summed E-state index contributed by atoms with van der Waals surface area (Å²) in [5, 5.41) is 4.90. The van der Waals surface area contributed by atoms with Gasteiger partial charge in [-0.1, -0.05) is 79.7 Å². The number of hydrogen-bond donors (Lipinski definition) is 0. The normalized spacial score (nSPS) is 10.8. The minimum absolute atomic E-state index is 0.991. The highest BCUT2D eigenvalue weighted by atomic mass is 15.3. The summed E-state index contributed by atoms with van der Waals surface area (Å²) in [5.41, 5.74) is 6.80. The van der Waals surface area contributed by atoms with Crippen LogP contribution >= 0.6 is 0 Å². The van der Waals surface area contributed by atoms with Crippen molar-refractivity contribution in [3.8, 4) is 28.2 Å². The van der Waals surface area contributed by atoms with Crippen molar-refractivity contribution in [1.82, 2.24) is 9.78 Å². The lowest BCUT2D eigenvalue weighted by molar-refractivity contribution is 0.892. The number of hydrogen-bond acceptors (Lipinski definition) is 1. The smallest absolute Gasteiger partial charge is 0.0934 e. The van der Waals surface area contributed by atoms with Crippen molar-refractivity contribution in [2.75, 3.05) is 0 Å². The third-order valence-electron chi connectivity index (χ3n) is 4.44. The largest absolute Gasteiger partial charge is 0.232 e. The molecule has 0 radical (unpaired) electrons. The zero-order valence-corrected chi connectivity index (χ0v) is 14.3. The number of para-hydroxylation sites is 1. The fourth-order valence-corrected chi connectivity index (χ4v) is 3.01. The van der Waals surface area contributed by atoms with Gasteiger partial charge in [-0.15, -0.1) is 0 Å². The van der Waals surface area contributed by atoms with Crippen molar-refractivity contribution in [2.24, 2.45) is 0 Å². The third kappa shape index (κ3) is 3.11. The summed E-state index contributed by atoms with van der Waals surface area (Å²) in [4.78, 5) is 0. The van der Waals surface area contributed by atoms with Gasteiger partial charge in [-0.25, -0.2) is 4.68 Å². The Labute approximate surface area is 148 Å². The van der Waals surface area contributed by atoms with Crippen LogP contribution in [0.5, 0.6) is 0 Å². The molecule has 0 aliphatic heterocycles. The molecule has 0 aliphatic rings. The Bertz CT molecular complexity index is 895. The Hall–Kier alpha value is -3.13. The number of rotatable bonds is 4. The molecule has 25 heavy (non-hydrogen) atoms. The fourth-order valence-electron chi connectivity index (χ4n) is 3.01. The summed E-state index contributed by atoms with van der Waals surface area (Å²) in [7, 11) is 0. The molecule has 2 nitrogen and oxygen atoms in total. The highest BCUT2D eigenvalue weighted by Crippen LogP contribution is 2.28. The summed E-state index contributed by atoms with van der Waals surface area (Å²) in [5.74, 6) is 0. The summed E-state index contributed by atoms with van der Waals surface area (Å²) in [6, 6.07) is 31.5. The maximum atomic E-state index is 4.90. The molecule has 0 N–H and O–H groups in total. The van der Waals surface area contributed by atoms with E-state index in [0.29, 0.717) is 0 Å². The molecule has 1 aromatic heterocycles. The van der Waals surface area contributed by atoms with E-state index in [4.69, 9.17) is 5.10 Å². The second-order valence-electron chi connectivity index (χ2n) is 6.08. The Morgan fingerprint density at radius 2 is 1.36 bits per heavy atom. The van der Waals surface area contributed by atoms with Gasteiger partial charge in [-0.2, -0.15) is 5.10 Å². The van der Waals surface area contributed by atoms with Gasteiger partial charge in [-0.05, 0) is 30.2 Å². The summed E-state index contributed by atoms with van der Waals surface area (Å²) < 4.78 is 2.03. The first-order valence-electron chi connectivity index (χ1n) is 8.65. The molecule has 0 fully saturated rings. The van der Waals surface area contributed by atoms with Gasteiger partial charge >= 0.3 is 0 Å². The quantitative estimate of drug-likeness (QED) is 0.466. The van der Waals surface area contributed by atoms with Crippen LogP contribution in [0.1, 0.15) is 12.5 Å². The van der Waals surface area contributed by atoms with Gasteiger partial charge in [0.05, 0.1) is 17.1 Å². The summed E-state index contributed by atoms with van der Waals surface area (Å²) in [6.07, 6.45) is 1.05. The SMILES string of the molecule is CCc1ccc(-c2cc(-c3ccccc3)n(-c3ccccc3)n2)cc1. The van der Waals surface area contributed by atoms with Gasteiger partial charge in [0.15, 0.2) is 0 Å². The zero-order valence-electron chi connectivity index (χ0n) is 14.3. The van der Waals surface area contributed by atoms with Crippen LogP contribution in [0.4, 0.5) is 0 Å². The molecule has 0 saturated carbocycles. The molecule has 0 aliphatic carbocycles. The van der Waals surface area contributed by atoms with Crippen LogP contribution in [0.15, 0.2) is 91.0 Å². The monoisotopic (exact) mass is 324 g/mol. The predicted molar refractivity (Wildman–Crippen MR) is 104 cm³/mol. The molecule has 122 valence electrons. The van der Waals surface area contributed by atoms with Crippen LogP contribution < -0.4 is 0 Å². The zero-order chi connectivity index (χ0) is 17.1. The van der Waals surface area contributed by atoms with Crippen LogP contribution in [0, 0.1) is 0 Å². The first kappa shape index (κ1) is 15.4. The van der Waals surface area contributed by atoms with E-state index in [-0.39, 0.29) is 0 Å². The lowest BCUT2D eigenvalue weighted by Gasteiger charge is -2.07. The Morgan fingerprint density at radius 1 is 0.720 bits per heavy atom. The second-order valence-corrected chi connectivity index (χ2v) is 6.08. The molecule has 0 atom stereocenters. The highest BCUT2D eigenvalue weighted by molar-refractivity contribution is 5.70. The van der Waals surface area contributed by atoms with Crippen molar-refractivity contribution in [3.63, 3.8) is 0 Å². The molecule has 1 heterocycles. The highest BCUT2D eigenvalue weighted by Gasteiger charge is 2.12. The molecule has 0 bridgehead atoms. The van der Waals surface area contributed by atoms with Gasteiger partial charge < -0.3 is 0 Å². The van der Waals surface area contributed by atoms with E-state index in [1.54, 1.807) is 0 Å². The molecule has 4 aromatic rings. The molecule has 0 spiro atoms. The van der Waals surface area contributed by atoms with E-state index in [2.05, 4.69) is 73.7 Å². The first-order chi connectivity index (χ1) is 12.3. The fraction of sp³-hybridized carbons (Fsp3) is 0.0870. The van der Waals surface area contributed by atoms with Crippen LogP contribution in [0.3, 0.4) is 0 Å². The average molecular weight is 324 g/mol. The van der Waals surface area contributed by atoms with E-state index in [1.165, 1.54) is 5.56 Å². The Kier molecular flexibility index (Phi) is 4.17. The van der Waals surface area contributed by atoms with Crippen LogP contribution in [-0.4, -0.2) is 9.78 Å². The maximum absolute atomic E-state index is 4.90. The van der Waals surface area contributed by atoms with E-state index < -0.39 is 0 Å². The lowest BCUT2D eigenvalue weighted by Crippen LogP contribution is -1.98. The van der Waals surface area contributed by atoms with Crippen molar-refractivity contribution in [2.45, 2.75) is 13.3 Å².